The number of hydrogen-bond acceptors (Lipinski definition) is 3. The van der Waals surface area contributed by atoms with Crippen molar-refractivity contribution in [3.8, 4) is 11.5 Å². The summed E-state index contributed by atoms with van der Waals surface area (Å²) in [4.78, 5) is 0. The van der Waals surface area contributed by atoms with Crippen LogP contribution >= 0.6 is 0 Å². The van der Waals surface area contributed by atoms with Gasteiger partial charge in [-0.2, -0.15) is 0 Å². The predicted octanol–water partition coefficient (Wildman–Crippen LogP) is 2.86. The third-order valence-corrected chi connectivity index (χ3v) is 3.49. The van der Waals surface area contributed by atoms with Crippen molar-refractivity contribution in [3.63, 3.8) is 0 Å². The maximum atomic E-state index is 14.1. The second-order valence-electron chi connectivity index (χ2n) is 5.39. The summed E-state index contributed by atoms with van der Waals surface area (Å²) < 4.78 is 24.8. The van der Waals surface area contributed by atoms with Crippen LogP contribution in [0.5, 0.6) is 11.5 Å². The van der Waals surface area contributed by atoms with Crippen LogP contribution in [-0.2, 0) is 11.2 Å². The van der Waals surface area contributed by atoms with Gasteiger partial charge in [-0.1, -0.05) is 0 Å². The molecule has 0 amide bonds. The lowest BCUT2D eigenvalue weighted by atomic mass is 9.93. The largest absolute Gasteiger partial charge is 0.493 e. The van der Waals surface area contributed by atoms with Gasteiger partial charge in [0.2, 0.25) is 0 Å². The van der Waals surface area contributed by atoms with E-state index in [4.69, 9.17) is 15.2 Å². The van der Waals surface area contributed by atoms with Crippen LogP contribution in [-0.4, -0.2) is 14.2 Å². The number of halogens is 1. The maximum Gasteiger partial charge on any atom is 0.165 e. The Balaban J connectivity index is 2.62. The Morgan fingerprint density at radius 2 is 1.83 bits per heavy atom. The molecule has 0 radical (unpaired) electrons. The quantitative estimate of drug-likeness (QED) is 0.897. The van der Waals surface area contributed by atoms with E-state index in [1.807, 2.05) is 0 Å². The molecule has 18 heavy (non-hydrogen) atoms. The molecule has 0 spiro atoms. The molecule has 0 aliphatic heterocycles. The van der Waals surface area contributed by atoms with E-state index in [-0.39, 0.29) is 5.54 Å². The first-order chi connectivity index (χ1) is 8.31. The average Bonchev–Trinajstić information content (AvgIpc) is 3.05. The molecule has 4 heteroatoms. The summed E-state index contributed by atoms with van der Waals surface area (Å²) in [6.45, 7) is 3.04. The fourth-order valence-corrected chi connectivity index (χ4v) is 2.08. The molecule has 3 nitrogen and oxygen atoms in total. The van der Waals surface area contributed by atoms with Crippen LogP contribution in [0.1, 0.15) is 37.8 Å². The van der Waals surface area contributed by atoms with Gasteiger partial charge in [0.1, 0.15) is 5.67 Å². The number of benzene rings is 1. The highest BCUT2D eigenvalue weighted by molar-refractivity contribution is 5.55. The molecule has 0 atom stereocenters. The topological polar surface area (TPSA) is 44.5 Å². The second-order valence-corrected chi connectivity index (χ2v) is 5.39. The van der Waals surface area contributed by atoms with Crippen LogP contribution in [0.3, 0.4) is 0 Å². The first-order valence-electron chi connectivity index (χ1n) is 6.06. The van der Waals surface area contributed by atoms with E-state index in [9.17, 15) is 4.39 Å². The maximum absolute atomic E-state index is 14.1. The molecule has 1 aromatic carbocycles. The third kappa shape index (κ3) is 2.17. The Morgan fingerprint density at radius 1 is 1.22 bits per heavy atom. The first-order valence-corrected chi connectivity index (χ1v) is 6.06. The minimum atomic E-state index is -1.43. The van der Waals surface area contributed by atoms with Crippen molar-refractivity contribution in [2.75, 3.05) is 14.2 Å². The van der Waals surface area contributed by atoms with Crippen molar-refractivity contribution < 1.29 is 13.9 Å². The SMILES string of the molecule is COc1cc(C(C)(C)F)cc(C2(N)CC2)c1OC. The van der Waals surface area contributed by atoms with Gasteiger partial charge in [-0.3, -0.25) is 0 Å². The second kappa shape index (κ2) is 4.12. The fourth-order valence-electron chi connectivity index (χ4n) is 2.08. The summed E-state index contributed by atoms with van der Waals surface area (Å²) in [5.41, 5.74) is 5.80. The highest BCUT2D eigenvalue weighted by Crippen LogP contribution is 2.50. The van der Waals surface area contributed by atoms with Gasteiger partial charge < -0.3 is 15.2 Å². The van der Waals surface area contributed by atoms with E-state index >= 15 is 0 Å². The van der Waals surface area contributed by atoms with E-state index in [2.05, 4.69) is 0 Å². The van der Waals surface area contributed by atoms with Crippen LogP contribution < -0.4 is 15.2 Å². The Morgan fingerprint density at radius 3 is 2.22 bits per heavy atom. The van der Waals surface area contributed by atoms with Gasteiger partial charge in [0.25, 0.3) is 0 Å². The molecular weight excluding hydrogens is 233 g/mol. The number of rotatable bonds is 4. The van der Waals surface area contributed by atoms with Crippen LogP contribution in [0.4, 0.5) is 4.39 Å². The van der Waals surface area contributed by atoms with Crippen LogP contribution in [0.15, 0.2) is 12.1 Å². The molecule has 1 aromatic rings. The molecule has 100 valence electrons. The normalized spacial score (nSPS) is 17.4. The van der Waals surface area contributed by atoms with Crippen LogP contribution in [0.2, 0.25) is 0 Å². The highest BCUT2D eigenvalue weighted by atomic mass is 19.1. The van der Waals surface area contributed by atoms with E-state index in [1.54, 1.807) is 26.4 Å². The monoisotopic (exact) mass is 253 g/mol. The summed E-state index contributed by atoms with van der Waals surface area (Å²) in [5.74, 6) is 1.15. The van der Waals surface area contributed by atoms with Crippen LogP contribution in [0.25, 0.3) is 0 Å². The average molecular weight is 253 g/mol. The van der Waals surface area contributed by atoms with Crippen molar-refractivity contribution in [2.24, 2.45) is 5.73 Å². The van der Waals surface area contributed by atoms with E-state index < -0.39 is 5.67 Å². The molecular formula is C14H20FNO2. The van der Waals surface area contributed by atoms with Crippen molar-refractivity contribution in [1.29, 1.82) is 0 Å². The molecule has 2 N–H and O–H groups in total. The molecule has 0 aromatic heterocycles. The molecule has 0 unspecified atom stereocenters. The summed E-state index contributed by atoms with van der Waals surface area (Å²) in [6, 6.07) is 3.47. The zero-order valence-electron chi connectivity index (χ0n) is 11.3. The first kappa shape index (κ1) is 13.1. The number of hydrogen-bond donors (Lipinski definition) is 1. The molecule has 0 saturated heterocycles. The van der Waals surface area contributed by atoms with Gasteiger partial charge >= 0.3 is 0 Å². The molecule has 1 aliphatic rings. The van der Waals surface area contributed by atoms with Gasteiger partial charge in [0, 0.05) is 11.1 Å². The minimum absolute atomic E-state index is 0.389. The summed E-state index contributed by atoms with van der Waals surface area (Å²) >= 11 is 0. The zero-order chi connectivity index (χ0) is 13.6. The Kier molecular flexibility index (Phi) is 3.01. The van der Waals surface area contributed by atoms with E-state index in [1.165, 1.54) is 13.8 Å². The van der Waals surface area contributed by atoms with Crippen molar-refractivity contribution >= 4 is 0 Å². The van der Waals surface area contributed by atoms with Gasteiger partial charge in [-0.15, -0.1) is 0 Å². The lowest BCUT2D eigenvalue weighted by Gasteiger charge is -2.22. The van der Waals surface area contributed by atoms with Crippen molar-refractivity contribution in [1.82, 2.24) is 0 Å². The molecule has 0 bridgehead atoms. The molecule has 1 aliphatic carbocycles. The van der Waals surface area contributed by atoms with Gasteiger partial charge in [0.05, 0.1) is 14.2 Å². The number of nitrogens with two attached hydrogens (primary N) is 1. The third-order valence-electron chi connectivity index (χ3n) is 3.49. The molecule has 1 fully saturated rings. The smallest absolute Gasteiger partial charge is 0.165 e. The predicted molar refractivity (Wildman–Crippen MR) is 68.8 cm³/mol. The molecule has 0 heterocycles. The molecule has 2 rings (SSSR count). The lowest BCUT2D eigenvalue weighted by molar-refractivity contribution is 0.220. The van der Waals surface area contributed by atoms with Gasteiger partial charge in [-0.05, 0) is 44.4 Å². The highest BCUT2D eigenvalue weighted by Gasteiger charge is 2.43. The number of alkyl halides is 1. The number of ether oxygens (including phenoxy) is 2. The van der Waals surface area contributed by atoms with Gasteiger partial charge in [0.15, 0.2) is 11.5 Å². The summed E-state index contributed by atoms with van der Waals surface area (Å²) in [7, 11) is 3.13. The van der Waals surface area contributed by atoms with E-state index in [0.29, 0.717) is 17.1 Å². The molecule has 1 saturated carbocycles. The zero-order valence-corrected chi connectivity index (χ0v) is 11.3. The standard InChI is InChI=1S/C14H20FNO2/c1-13(2,15)9-7-10(14(16)5-6-14)12(18-4)11(8-9)17-3/h7-8H,5-6,16H2,1-4H3. The lowest BCUT2D eigenvalue weighted by Crippen LogP contribution is -2.21. The van der Waals surface area contributed by atoms with E-state index in [0.717, 1.165) is 18.4 Å². The summed E-state index contributed by atoms with van der Waals surface area (Å²) in [6.07, 6.45) is 1.78. The summed E-state index contributed by atoms with van der Waals surface area (Å²) in [5, 5.41) is 0. The Hall–Kier alpha value is -1.29. The minimum Gasteiger partial charge on any atom is -0.493 e. The van der Waals surface area contributed by atoms with Crippen molar-refractivity contribution in [3.05, 3.63) is 23.3 Å². The Labute approximate surface area is 107 Å². The number of methoxy groups -OCH3 is 2. The fraction of sp³-hybridized carbons (Fsp3) is 0.571. The Bertz CT molecular complexity index is 462. The van der Waals surface area contributed by atoms with Crippen molar-refractivity contribution in [2.45, 2.75) is 37.9 Å². The van der Waals surface area contributed by atoms with Gasteiger partial charge in [-0.25, -0.2) is 4.39 Å². The van der Waals surface area contributed by atoms with Crippen LogP contribution in [0, 0.1) is 0 Å².